The van der Waals surface area contributed by atoms with Crippen LogP contribution in [0.2, 0.25) is 0 Å². The maximum absolute atomic E-state index is 5.44. The molecule has 0 aliphatic carbocycles. The smallest absolute Gasteiger partial charge is 0.176 e. The predicted octanol–water partition coefficient (Wildman–Crippen LogP) is 2.41. The van der Waals surface area contributed by atoms with Crippen molar-refractivity contribution in [2.75, 3.05) is 20.1 Å². The van der Waals surface area contributed by atoms with Gasteiger partial charge in [-0.2, -0.15) is 0 Å². The number of nitrogens with zero attached hydrogens (tertiary/aromatic N) is 3. The Bertz CT molecular complexity index is 475. The molecule has 1 atom stereocenters. The molecule has 3 rings (SSSR count). The van der Waals surface area contributed by atoms with Gasteiger partial charge in [-0.25, -0.2) is 4.98 Å². The molecule has 2 aromatic rings. The number of likely N-dealkylation sites (N-methyl/N-ethyl adjacent to an activating group) is 1. The lowest BCUT2D eigenvalue weighted by Crippen LogP contribution is -2.33. The Morgan fingerprint density at radius 2 is 2.41 bits per heavy atom. The van der Waals surface area contributed by atoms with Gasteiger partial charge in [-0.3, -0.25) is 0 Å². The van der Waals surface area contributed by atoms with Crippen LogP contribution in [0.5, 0.6) is 0 Å². The molecule has 0 amide bonds. The third-order valence-electron chi connectivity index (χ3n) is 3.40. The van der Waals surface area contributed by atoms with Crippen molar-refractivity contribution >= 4 is 0 Å². The Labute approximate surface area is 101 Å². The average molecular weight is 231 g/mol. The molecule has 0 saturated carbocycles. The number of aromatic nitrogens is 2. The number of furan rings is 1. The molecule has 1 aliphatic heterocycles. The summed E-state index contributed by atoms with van der Waals surface area (Å²) in [6, 6.07) is 4.38. The summed E-state index contributed by atoms with van der Waals surface area (Å²) in [5.74, 6) is 1.79. The van der Waals surface area contributed by atoms with Crippen molar-refractivity contribution in [1.82, 2.24) is 14.5 Å². The van der Waals surface area contributed by atoms with Gasteiger partial charge in [0, 0.05) is 25.0 Å². The maximum atomic E-state index is 5.44. The van der Waals surface area contributed by atoms with Crippen LogP contribution in [-0.2, 0) is 0 Å². The minimum Gasteiger partial charge on any atom is -0.461 e. The van der Waals surface area contributed by atoms with Crippen LogP contribution in [0.25, 0.3) is 11.6 Å². The zero-order chi connectivity index (χ0) is 11.7. The summed E-state index contributed by atoms with van der Waals surface area (Å²) in [6.07, 6.45) is 8.07. The summed E-state index contributed by atoms with van der Waals surface area (Å²) >= 11 is 0. The monoisotopic (exact) mass is 231 g/mol. The van der Waals surface area contributed by atoms with E-state index in [4.69, 9.17) is 4.42 Å². The molecule has 0 aromatic carbocycles. The predicted molar refractivity (Wildman–Crippen MR) is 65.7 cm³/mol. The van der Waals surface area contributed by atoms with Crippen molar-refractivity contribution in [3.63, 3.8) is 0 Å². The molecule has 1 aliphatic rings. The molecule has 90 valence electrons. The van der Waals surface area contributed by atoms with Crippen molar-refractivity contribution in [2.45, 2.75) is 18.9 Å². The number of likely N-dealkylation sites (tertiary alicyclic amines) is 1. The third-order valence-corrected chi connectivity index (χ3v) is 3.40. The highest BCUT2D eigenvalue weighted by Gasteiger charge is 2.21. The number of piperidine rings is 1. The van der Waals surface area contributed by atoms with Gasteiger partial charge in [0.25, 0.3) is 0 Å². The number of rotatable bonds is 2. The first-order valence-electron chi connectivity index (χ1n) is 6.10. The summed E-state index contributed by atoms with van der Waals surface area (Å²) in [7, 11) is 2.18. The summed E-state index contributed by atoms with van der Waals surface area (Å²) in [6.45, 7) is 2.28. The van der Waals surface area contributed by atoms with Crippen molar-refractivity contribution in [2.24, 2.45) is 0 Å². The lowest BCUT2D eigenvalue weighted by Gasteiger charge is -2.31. The average Bonchev–Trinajstić information content (AvgIpc) is 3.00. The van der Waals surface area contributed by atoms with Gasteiger partial charge in [0.15, 0.2) is 11.6 Å². The van der Waals surface area contributed by atoms with Crippen LogP contribution in [0.15, 0.2) is 35.2 Å². The second-order valence-corrected chi connectivity index (χ2v) is 4.69. The van der Waals surface area contributed by atoms with Gasteiger partial charge in [0.05, 0.1) is 6.26 Å². The highest BCUT2D eigenvalue weighted by molar-refractivity contribution is 5.47. The van der Waals surface area contributed by atoms with Crippen molar-refractivity contribution in [1.29, 1.82) is 0 Å². The molecular formula is C13H17N3O. The zero-order valence-electron chi connectivity index (χ0n) is 10.0. The van der Waals surface area contributed by atoms with Crippen LogP contribution >= 0.6 is 0 Å². The summed E-state index contributed by atoms with van der Waals surface area (Å²) in [4.78, 5) is 6.78. The van der Waals surface area contributed by atoms with E-state index in [2.05, 4.69) is 27.7 Å². The highest BCUT2D eigenvalue weighted by atomic mass is 16.3. The Kier molecular flexibility index (Phi) is 2.73. The Hall–Kier alpha value is -1.55. The topological polar surface area (TPSA) is 34.2 Å². The lowest BCUT2D eigenvalue weighted by atomic mass is 10.1. The van der Waals surface area contributed by atoms with E-state index in [1.807, 2.05) is 18.3 Å². The number of imidazole rings is 1. The van der Waals surface area contributed by atoms with Crippen LogP contribution in [0, 0.1) is 0 Å². The van der Waals surface area contributed by atoms with Gasteiger partial charge in [-0.1, -0.05) is 0 Å². The lowest BCUT2D eigenvalue weighted by molar-refractivity contribution is 0.212. The number of hydrogen-bond acceptors (Lipinski definition) is 3. The van der Waals surface area contributed by atoms with Gasteiger partial charge >= 0.3 is 0 Å². The summed E-state index contributed by atoms with van der Waals surface area (Å²) in [5, 5.41) is 0. The fraction of sp³-hybridized carbons (Fsp3) is 0.462. The van der Waals surface area contributed by atoms with Gasteiger partial charge < -0.3 is 13.9 Å². The Morgan fingerprint density at radius 1 is 1.47 bits per heavy atom. The van der Waals surface area contributed by atoms with Crippen LogP contribution in [0.4, 0.5) is 0 Å². The Balaban J connectivity index is 1.91. The molecule has 1 saturated heterocycles. The molecule has 0 N–H and O–H groups in total. The Morgan fingerprint density at radius 3 is 3.18 bits per heavy atom. The van der Waals surface area contributed by atoms with Crippen LogP contribution < -0.4 is 0 Å². The van der Waals surface area contributed by atoms with E-state index < -0.39 is 0 Å². The van der Waals surface area contributed by atoms with E-state index in [0.717, 1.165) is 18.1 Å². The van der Waals surface area contributed by atoms with Crippen LogP contribution in [0.3, 0.4) is 0 Å². The normalized spacial score (nSPS) is 21.8. The quantitative estimate of drug-likeness (QED) is 0.796. The standard InChI is InChI=1S/C13H17N3O/c1-15-7-2-4-11(10-15)16-8-6-14-13(16)12-5-3-9-17-12/h3,5-6,8-9,11H,2,4,7,10H2,1H3. The molecule has 1 fully saturated rings. The summed E-state index contributed by atoms with van der Waals surface area (Å²) in [5.41, 5.74) is 0. The van der Waals surface area contributed by atoms with E-state index in [1.165, 1.54) is 19.4 Å². The largest absolute Gasteiger partial charge is 0.461 e. The van der Waals surface area contributed by atoms with Crippen molar-refractivity contribution in [3.05, 3.63) is 30.8 Å². The molecule has 4 nitrogen and oxygen atoms in total. The van der Waals surface area contributed by atoms with Gasteiger partial charge in [-0.05, 0) is 38.6 Å². The minimum atomic E-state index is 0.511. The van der Waals surface area contributed by atoms with E-state index in [9.17, 15) is 0 Å². The van der Waals surface area contributed by atoms with E-state index >= 15 is 0 Å². The molecule has 0 spiro atoms. The van der Waals surface area contributed by atoms with E-state index in [1.54, 1.807) is 6.26 Å². The van der Waals surface area contributed by atoms with Gasteiger partial charge in [0.1, 0.15) is 0 Å². The van der Waals surface area contributed by atoms with E-state index in [-0.39, 0.29) is 0 Å². The minimum absolute atomic E-state index is 0.511. The molecule has 17 heavy (non-hydrogen) atoms. The van der Waals surface area contributed by atoms with E-state index in [0.29, 0.717) is 6.04 Å². The zero-order valence-corrected chi connectivity index (χ0v) is 10.0. The highest BCUT2D eigenvalue weighted by Crippen LogP contribution is 2.26. The van der Waals surface area contributed by atoms with Crippen molar-refractivity contribution < 1.29 is 4.42 Å². The first-order chi connectivity index (χ1) is 8.34. The van der Waals surface area contributed by atoms with Crippen molar-refractivity contribution in [3.8, 4) is 11.6 Å². The summed E-state index contributed by atoms with van der Waals surface area (Å²) < 4.78 is 7.68. The third kappa shape index (κ3) is 2.00. The molecule has 4 heteroatoms. The number of hydrogen-bond donors (Lipinski definition) is 0. The molecule has 0 bridgehead atoms. The first kappa shape index (κ1) is 10.6. The second kappa shape index (κ2) is 4.37. The fourth-order valence-electron chi connectivity index (χ4n) is 2.57. The molecule has 0 radical (unpaired) electrons. The van der Waals surface area contributed by atoms with Crippen LogP contribution in [-0.4, -0.2) is 34.6 Å². The molecule has 1 unspecified atom stereocenters. The second-order valence-electron chi connectivity index (χ2n) is 4.69. The molecular weight excluding hydrogens is 214 g/mol. The first-order valence-corrected chi connectivity index (χ1v) is 6.10. The van der Waals surface area contributed by atoms with Gasteiger partial charge in [0.2, 0.25) is 0 Å². The molecule has 3 heterocycles. The van der Waals surface area contributed by atoms with Gasteiger partial charge in [-0.15, -0.1) is 0 Å². The molecule has 2 aromatic heterocycles. The SMILES string of the molecule is CN1CCCC(n2ccnc2-c2ccco2)C1. The van der Waals surface area contributed by atoms with Crippen LogP contribution in [0.1, 0.15) is 18.9 Å². The fourth-order valence-corrected chi connectivity index (χ4v) is 2.57. The maximum Gasteiger partial charge on any atom is 0.176 e.